The van der Waals surface area contributed by atoms with E-state index in [-0.39, 0.29) is 5.75 Å². The first-order valence-electron chi connectivity index (χ1n) is 9.21. The maximum absolute atomic E-state index is 11.2. The minimum Gasteiger partial charge on any atom is -0.247 e. The molecular formula is C18H34O4S. The molecule has 0 unspecified atom stereocenters. The summed E-state index contributed by atoms with van der Waals surface area (Å²) in [6.45, 7) is 2.25. The van der Waals surface area contributed by atoms with E-state index in [9.17, 15) is 9.59 Å². The Labute approximate surface area is 147 Å². The summed E-state index contributed by atoms with van der Waals surface area (Å²) in [4.78, 5) is 30.6. The van der Waals surface area contributed by atoms with Crippen LogP contribution in [0.25, 0.3) is 0 Å². The fraction of sp³-hybridized carbons (Fsp3) is 0.889. The Morgan fingerprint density at radius 3 is 1.48 bits per heavy atom. The zero-order valence-corrected chi connectivity index (χ0v) is 15.6. The van der Waals surface area contributed by atoms with Gasteiger partial charge in [-0.15, -0.1) is 0 Å². The van der Waals surface area contributed by atoms with E-state index in [0.717, 1.165) is 19.3 Å². The van der Waals surface area contributed by atoms with E-state index >= 15 is 0 Å². The van der Waals surface area contributed by atoms with Crippen LogP contribution in [0, 0.1) is 0 Å². The van der Waals surface area contributed by atoms with Gasteiger partial charge in [-0.25, -0.2) is 19.4 Å². The van der Waals surface area contributed by atoms with Crippen molar-refractivity contribution in [2.24, 2.45) is 0 Å². The van der Waals surface area contributed by atoms with Gasteiger partial charge in [0.05, 0.1) is 12.2 Å². The molecule has 23 heavy (non-hydrogen) atoms. The Kier molecular flexibility index (Phi) is 17.1. The molecule has 136 valence electrons. The van der Waals surface area contributed by atoms with Gasteiger partial charge in [-0.1, -0.05) is 84.0 Å². The summed E-state index contributed by atoms with van der Waals surface area (Å²) in [6, 6.07) is 0. The number of carbonyl (C=O) groups excluding carboxylic acids is 2. The largest absolute Gasteiger partial charge is 0.365 e. The normalized spacial score (nSPS) is 10.5. The summed E-state index contributed by atoms with van der Waals surface area (Å²) in [7, 11) is 0. The Morgan fingerprint density at radius 1 is 0.652 bits per heavy atom. The van der Waals surface area contributed by atoms with Crippen LogP contribution in [0.5, 0.6) is 0 Å². The van der Waals surface area contributed by atoms with Crippen molar-refractivity contribution in [3.8, 4) is 0 Å². The van der Waals surface area contributed by atoms with E-state index in [0.29, 0.717) is 6.42 Å². The SMILES string of the molecule is CCCCCCCCCCCCCCCC(=O)OOC(=O)CS. The van der Waals surface area contributed by atoms with Crippen LogP contribution in [-0.4, -0.2) is 17.7 Å². The topological polar surface area (TPSA) is 52.6 Å². The molecule has 4 nitrogen and oxygen atoms in total. The minimum absolute atomic E-state index is 0.0913. The van der Waals surface area contributed by atoms with Gasteiger partial charge in [-0.2, -0.15) is 12.6 Å². The highest BCUT2D eigenvalue weighted by Crippen LogP contribution is 2.13. The molecule has 0 amide bonds. The summed E-state index contributed by atoms with van der Waals surface area (Å²) in [5.41, 5.74) is 0. The van der Waals surface area contributed by atoms with Gasteiger partial charge in [0.2, 0.25) is 0 Å². The van der Waals surface area contributed by atoms with Crippen molar-refractivity contribution in [2.45, 2.75) is 96.8 Å². The van der Waals surface area contributed by atoms with Crippen LogP contribution in [0.2, 0.25) is 0 Å². The van der Waals surface area contributed by atoms with Crippen LogP contribution in [-0.2, 0) is 19.4 Å². The lowest BCUT2D eigenvalue weighted by Gasteiger charge is -2.03. The highest BCUT2D eigenvalue weighted by atomic mass is 32.1. The van der Waals surface area contributed by atoms with Crippen molar-refractivity contribution in [3.05, 3.63) is 0 Å². The average molecular weight is 347 g/mol. The molecule has 0 aliphatic heterocycles. The molecule has 0 aliphatic carbocycles. The number of hydrogen-bond donors (Lipinski definition) is 1. The molecule has 0 aromatic rings. The van der Waals surface area contributed by atoms with Crippen molar-refractivity contribution in [2.75, 3.05) is 5.75 Å². The first-order chi connectivity index (χ1) is 11.2. The van der Waals surface area contributed by atoms with Crippen LogP contribution in [0.4, 0.5) is 0 Å². The zero-order chi connectivity index (χ0) is 17.2. The first-order valence-corrected chi connectivity index (χ1v) is 9.85. The van der Waals surface area contributed by atoms with Crippen molar-refractivity contribution < 1.29 is 19.4 Å². The minimum atomic E-state index is -0.646. The smallest absolute Gasteiger partial charge is 0.247 e. The molecule has 0 rings (SSSR count). The fourth-order valence-corrected chi connectivity index (χ4v) is 2.50. The Balaban J connectivity index is 3.15. The van der Waals surface area contributed by atoms with Crippen LogP contribution in [0.15, 0.2) is 0 Å². The molecule has 0 atom stereocenters. The van der Waals surface area contributed by atoms with Gasteiger partial charge in [-0.05, 0) is 6.42 Å². The van der Waals surface area contributed by atoms with Gasteiger partial charge in [0.1, 0.15) is 0 Å². The van der Waals surface area contributed by atoms with Gasteiger partial charge >= 0.3 is 11.9 Å². The Morgan fingerprint density at radius 2 is 1.04 bits per heavy atom. The number of thiol groups is 1. The van der Waals surface area contributed by atoms with Crippen LogP contribution in [0.3, 0.4) is 0 Å². The van der Waals surface area contributed by atoms with Gasteiger partial charge < -0.3 is 0 Å². The molecule has 0 saturated heterocycles. The molecule has 0 aromatic heterocycles. The van der Waals surface area contributed by atoms with Crippen molar-refractivity contribution in [1.82, 2.24) is 0 Å². The molecule has 0 aliphatic rings. The number of unbranched alkanes of at least 4 members (excludes halogenated alkanes) is 12. The maximum Gasteiger partial charge on any atom is 0.365 e. The van der Waals surface area contributed by atoms with E-state index in [4.69, 9.17) is 0 Å². The van der Waals surface area contributed by atoms with Crippen molar-refractivity contribution in [3.63, 3.8) is 0 Å². The molecule has 0 N–H and O–H groups in total. The molecule has 0 fully saturated rings. The monoisotopic (exact) mass is 346 g/mol. The highest BCUT2D eigenvalue weighted by molar-refractivity contribution is 7.81. The summed E-state index contributed by atoms with van der Waals surface area (Å²) in [6.07, 6.45) is 16.7. The van der Waals surface area contributed by atoms with E-state index in [1.165, 1.54) is 64.2 Å². The molecule has 0 spiro atoms. The van der Waals surface area contributed by atoms with E-state index in [1.807, 2.05) is 0 Å². The molecular weight excluding hydrogens is 312 g/mol. The summed E-state index contributed by atoms with van der Waals surface area (Å²) in [5.74, 6) is -1.22. The van der Waals surface area contributed by atoms with E-state index < -0.39 is 11.9 Å². The molecule has 0 saturated carbocycles. The lowest BCUT2D eigenvalue weighted by Crippen LogP contribution is -2.11. The summed E-state index contributed by atoms with van der Waals surface area (Å²) in [5, 5.41) is 0. The lowest BCUT2D eigenvalue weighted by molar-refractivity contribution is -0.256. The summed E-state index contributed by atoms with van der Waals surface area (Å²) < 4.78 is 0. The average Bonchev–Trinajstić information content (AvgIpc) is 2.56. The highest BCUT2D eigenvalue weighted by Gasteiger charge is 2.07. The van der Waals surface area contributed by atoms with Gasteiger partial charge in [0, 0.05) is 0 Å². The van der Waals surface area contributed by atoms with Crippen molar-refractivity contribution >= 4 is 24.6 Å². The second-order valence-corrected chi connectivity index (χ2v) is 6.38. The fourth-order valence-electron chi connectivity index (χ4n) is 2.45. The van der Waals surface area contributed by atoms with E-state index in [2.05, 4.69) is 29.3 Å². The number of rotatable bonds is 15. The van der Waals surface area contributed by atoms with Crippen molar-refractivity contribution in [1.29, 1.82) is 0 Å². The molecule has 0 aromatic carbocycles. The third-order valence-corrected chi connectivity index (χ3v) is 4.10. The molecule has 0 heterocycles. The van der Waals surface area contributed by atoms with E-state index in [1.54, 1.807) is 0 Å². The van der Waals surface area contributed by atoms with Gasteiger partial charge in [0.15, 0.2) is 0 Å². The molecule has 0 radical (unpaired) electrons. The van der Waals surface area contributed by atoms with Gasteiger partial charge in [-0.3, -0.25) is 0 Å². The number of hydrogen-bond acceptors (Lipinski definition) is 5. The summed E-state index contributed by atoms with van der Waals surface area (Å²) >= 11 is 3.71. The maximum atomic E-state index is 11.2. The first kappa shape index (κ1) is 22.3. The van der Waals surface area contributed by atoms with Crippen LogP contribution < -0.4 is 0 Å². The second kappa shape index (κ2) is 17.6. The number of carbonyl (C=O) groups is 2. The Bertz CT molecular complexity index is 295. The second-order valence-electron chi connectivity index (χ2n) is 6.06. The quantitative estimate of drug-likeness (QED) is 0.187. The lowest BCUT2D eigenvalue weighted by atomic mass is 10.0. The zero-order valence-electron chi connectivity index (χ0n) is 14.7. The molecule has 5 heteroatoms. The Hall–Kier alpha value is -0.710. The van der Waals surface area contributed by atoms with Gasteiger partial charge in [0.25, 0.3) is 0 Å². The van der Waals surface area contributed by atoms with Crippen LogP contribution in [0.1, 0.15) is 96.8 Å². The predicted octanol–water partition coefficient (Wildman–Crippen LogP) is 5.40. The van der Waals surface area contributed by atoms with Crippen LogP contribution >= 0.6 is 12.6 Å². The molecule has 0 bridgehead atoms. The standard InChI is InChI=1S/C18H34O4S/c1-2-3-4-5-6-7-8-9-10-11-12-13-14-15-17(19)21-22-18(20)16-23/h23H,2-16H2,1H3. The third-order valence-electron chi connectivity index (χ3n) is 3.84. The third kappa shape index (κ3) is 17.5. The predicted molar refractivity (Wildman–Crippen MR) is 96.3 cm³/mol.